The largest absolute Gasteiger partial charge is 0.493 e. The van der Waals surface area contributed by atoms with Crippen molar-refractivity contribution in [3.8, 4) is 17.2 Å². The fourth-order valence-corrected chi connectivity index (χ4v) is 2.29. The molecule has 3 aromatic rings. The summed E-state index contributed by atoms with van der Waals surface area (Å²) in [4.78, 5) is 12.5. The molecular weight excluding hydrogens is 344 g/mol. The summed E-state index contributed by atoms with van der Waals surface area (Å²) in [6, 6.07) is 14.8. The lowest BCUT2D eigenvalue weighted by atomic mass is 10.3. The number of methoxy groups -OCH3 is 1. The van der Waals surface area contributed by atoms with Crippen molar-refractivity contribution in [2.45, 2.75) is 6.61 Å². The van der Waals surface area contributed by atoms with Crippen molar-refractivity contribution in [3.05, 3.63) is 66.5 Å². The molecule has 0 saturated carbocycles. The van der Waals surface area contributed by atoms with Crippen LogP contribution in [0.15, 0.2) is 60.8 Å². The Balaban J connectivity index is 1.78. The number of hydrogen-bond donors (Lipinski definition) is 1. The first-order chi connectivity index (χ1) is 12.6. The third kappa shape index (κ3) is 3.97. The molecule has 8 heteroatoms. The number of benzene rings is 2. The van der Waals surface area contributed by atoms with Gasteiger partial charge in [-0.05, 0) is 36.4 Å². The molecule has 26 heavy (non-hydrogen) atoms. The Bertz CT molecular complexity index is 880. The van der Waals surface area contributed by atoms with E-state index in [0.29, 0.717) is 11.4 Å². The van der Waals surface area contributed by atoms with E-state index in [9.17, 15) is 13.6 Å². The lowest BCUT2D eigenvalue weighted by Gasteiger charge is -2.07. The van der Waals surface area contributed by atoms with E-state index >= 15 is 0 Å². The topological polar surface area (TPSA) is 65.4 Å². The molecule has 0 unspecified atom stereocenters. The first-order valence-electron chi connectivity index (χ1n) is 7.62. The molecule has 2 aromatic carbocycles. The number of carbonyl (C=O) groups excluding carboxylic acids is 1. The van der Waals surface area contributed by atoms with Crippen LogP contribution in [0.2, 0.25) is 0 Å². The Morgan fingerprint density at radius 3 is 2.42 bits per heavy atom. The quantitative estimate of drug-likeness (QED) is 0.728. The summed E-state index contributed by atoms with van der Waals surface area (Å²) in [5.41, 5.74) is 1.29. The first-order valence-corrected chi connectivity index (χ1v) is 7.62. The molecule has 1 aromatic heterocycles. The molecular formula is C18H15F2N3O3. The summed E-state index contributed by atoms with van der Waals surface area (Å²) in [6.07, 6.45) is 1.60. The van der Waals surface area contributed by atoms with Gasteiger partial charge in [0.25, 0.3) is 5.91 Å². The van der Waals surface area contributed by atoms with Crippen molar-refractivity contribution >= 4 is 11.6 Å². The molecule has 1 N–H and O–H groups in total. The summed E-state index contributed by atoms with van der Waals surface area (Å²) in [7, 11) is 1.44. The monoisotopic (exact) mass is 359 g/mol. The molecule has 1 heterocycles. The Morgan fingerprint density at radius 2 is 1.81 bits per heavy atom. The minimum absolute atomic E-state index is 0.00364. The van der Waals surface area contributed by atoms with E-state index in [4.69, 9.17) is 4.74 Å². The van der Waals surface area contributed by atoms with Gasteiger partial charge in [-0.25, -0.2) is 4.68 Å². The van der Waals surface area contributed by atoms with Crippen LogP contribution >= 0.6 is 0 Å². The van der Waals surface area contributed by atoms with Crippen molar-refractivity contribution in [1.82, 2.24) is 9.78 Å². The van der Waals surface area contributed by atoms with Crippen LogP contribution < -0.4 is 14.8 Å². The molecule has 0 aliphatic rings. The SMILES string of the molecule is COc1cn(-c2ccccc2)nc1C(=O)Nc1ccc(OC(F)F)cc1. The second-order valence-corrected chi connectivity index (χ2v) is 5.18. The zero-order chi connectivity index (χ0) is 18.5. The smallest absolute Gasteiger partial charge is 0.387 e. The number of halogens is 2. The number of hydrogen-bond acceptors (Lipinski definition) is 4. The minimum Gasteiger partial charge on any atom is -0.493 e. The fourth-order valence-electron chi connectivity index (χ4n) is 2.29. The molecule has 3 rings (SSSR count). The van der Waals surface area contributed by atoms with Gasteiger partial charge >= 0.3 is 6.61 Å². The van der Waals surface area contributed by atoms with Crippen molar-refractivity contribution in [1.29, 1.82) is 0 Å². The van der Waals surface area contributed by atoms with Crippen molar-refractivity contribution in [3.63, 3.8) is 0 Å². The summed E-state index contributed by atoms with van der Waals surface area (Å²) < 4.78 is 35.3. The molecule has 0 atom stereocenters. The Morgan fingerprint density at radius 1 is 1.12 bits per heavy atom. The number of nitrogens with one attached hydrogen (secondary N) is 1. The van der Waals surface area contributed by atoms with Crippen LogP contribution in [-0.4, -0.2) is 29.4 Å². The number of carbonyl (C=O) groups is 1. The summed E-state index contributed by atoms with van der Waals surface area (Å²) in [5.74, 6) is -0.174. The van der Waals surface area contributed by atoms with Gasteiger partial charge < -0.3 is 14.8 Å². The van der Waals surface area contributed by atoms with E-state index in [2.05, 4.69) is 15.2 Å². The van der Waals surface area contributed by atoms with Crippen LogP contribution in [0.25, 0.3) is 5.69 Å². The summed E-state index contributed by atoms with van der Waals surface area (Å²) >= 11 is 0. The molecule has 0 bridgehead atoms. The van der Waals surface area contributed by atoms with E-state index in [0.717, 1.165) is 5.69 Å². The van der Waals surface area contributed by atoms with E-state index in [-0.39, 0.29) is 11.4 Å². The first kappa shape index (κ1) is 17.4. The third-order valence-corrected chi connectivity index (χ3v) is 3.47. The molecule has 0 fully saturated rings. The number of ether oxygens (including phenoxy) is 2. The normalized spacial score (nSPS) is 10.6. The summed E-state index contributed by atoms with van der Waals surface area (Å²) in [5, 5.41) is 6.90. The van der Waals surface area contributed by atoms with E-state index in [1.807, 2.05) is 30.3 Å². The van der Waals surface area contributed by atoms with Crippen molar-refractivity contribution in [2.24, 2.45) is 0 Å². The van der Waals surface area contributed by atoms with Gasteiger partial charge in [-0.15, -0.1) is 0 Å². The van der Waals surface area contributed by atoms with Crippen LogP contribution in [-0.2, 0) is 0 Å². The Kier molecular flexibility index (Phi) is 5.12. The average Bonchev–Trinajstić information content (AvgIpc) is 3.08. The predicted octanol–water partition coefficient (Wildman–Crippen LogP) is 3.73. The molecule has 0 spiro atoms. The van der Waals surface area contributed by atoms with E-state index in [1.165, 1.54) is 36.1 Å². The van der Waals surface area contributed by atoms with Gasteiger partial charge in [0.05, 0.1) is 19.0 Å². The van der Waals surface area contributed by atoms with Crippen LogP contribution in [0.3, 0.4) is 0 Å². The van der Waals surface area contributed by atoms with Crippen LogP contribution in [0.5, 0.6) is 11.5 Å². The zero-order valence-corrected chi connectivity index (χ0v) is 13.7. The van der Waals surface area contributed by atoms with Gasteiger partial charge in [-0.2, -0.15) is 13.9 Å². The highest BCUT2D eigenvalue weighted by Gasteiger charge is 2.18. The van der Waals surface area contributed by atoms with Gasteiger partial charge in [-0.3, -0.25) is 4.79 Å². The van der Waals surface area contributed by atoms with E-state index < -0.39 is 12.5 Å². The maximum Gasteiger partial charge on any atom is 0.387 e. The van der Waals surface area contributed by atoms with Gasteiger partial charge in [-0.1, -0.05) is 18.2 Å². The van der Waals surface area contributed by atoms with Gasteiger partial charge in [0.1, 0.15) is 5.75 Å². The molecule has 134 valence electrons. The second-order valence-electron chi connectivity index (χ2n) is 5.18. The minimum atomic E-state index is -2.90. The number of nitrogens with zero attached hydrogens (tertiary/aromatic N) is 2. The molecule has 0 aliphatic carbocycles. The number of aromatic nitrogens is 2. The van der Waals surface area contributed by atoms with Crippen LogP contribution in [0.4, 0.5) is 14.5 Å². The van der Waals surface area contributed by atoms with Gasteiger partial charge in [0, 0.05) is 5.69 Å². The van der Waals surface area contributed by atoms with Crippen molar-refractivity contribution < 1.29 is 23.0 Å². The zero-order valence-electron chi connectivity index (χ0n) is 13.7. The van der Waals surface area contributed by atoms with Gasteiger partial charge in [0.2, 0.25) is 0 Å². The maximum absolute atomic E-state index is 12.5. The third-order valence-electron chi connectivity index (χ3n) is 3.47. The van der Waals surface area contributed by atoms with Crippen LogP contribution in [0, 0.1) is 0 Å². The standard InChI is InChI=1S/C18H15F2N3O3/c1-25-15-11-23(13-5-3-2-4-6-13)22-16(15)17(24)21-12-7-9-14(10-8-12)26-18(19)20/h2-11,18H,1H3,(H,21,24). The van der Waals surface area contributed by atoms with Crippen LogP contribution in [0.1, 0.15) is 10.5 Å². The highest BCUT2D eigenvalue weighted by molar-refractivity contribution is 6.04. The fraction of sp³-hybridized carbons (Fsp3) is 0.111. The highest BCUT2D eigenvalue weighted by Crippen LogP contribution is 2.22. The number of alkyl halides is 2. The molecule has 6 nitrogen and oxygen atoms in total. The molecule has 0 aliphatic heterocycles. The predicted molar refractivity (Wildman–Crippen MR) is 91.1 cm³/mol. The van der Waals surface area contributed by atoms with E-state index in [1.54, 1.807) is 6.20 Å². The number of amides is 1. The highest BCUT2D eigenvalue weighted by atomic mass is 19.3. The Labute approximate surface area is 148 Å². The molecule has 0 saturated heterocycles. The maximum atomic E-state index is 12.5. The van der Waals surface area contributed by atoms with Gasteiger partial charge in [0.15, 0.2) is 11.4 Å². The number of anilines is 1. The lowest BCUT2D eigenvalue weighted by Crippen LogP contribution is -2.14. The second kappa shape index (κ2) is 7.64. The number of para-hydroxylation sites is 1. The molecule has 0 radical (unpaired) electrons. The number of rotatable bonds is 6. The lowest BCUT2D eigenvalue weighted by molar-refractivity contribution is -0.0498. The van der Waals surface area contributed by atoms with Crippen molar-refractivity contribution in [2.75, 3.05) is 12.4 Å². The average molecular weight is 359 g/mol. The summed E-state index contributed by atoms with van der Waals surface area (Å²) in [6.45, 7) is -2.90. The molecule has 1 amide bonds. The Hall–Kier alpha value is -3.42.